The second kappa shape index (κ2) is 10.7. The fourth-order valence-electron chi connectivity index (χ4n) is 13.5. The molecule has 0 aromatic heterocycles. The van der Waals surface area contributed by atoms with Gasteiger partial charge in [0.15, 0.2) is 12.1 Å². The predicted molar refractivity (Wildman–Crippen MR) is 170 cm³/mol. The molecule has 4 N–H and O–H groups in total. The van der Waals surface area contributed by atoms with Crippen LogP contribution >= 0.6 is 0 Å². The lowest BCUT2D eigenvalue weighted by Gasteiger charge is -2.63. The van der Waals surface area contributed by atoms with Crippen LogP contribution in [0.3, 0.4) is 0 Å². The zero-order chi connectivity index (χ0) is 32.4. The molecule has 46 heavy (non-hydrogen) atoms. The number of nitrogens with zero attached hydrogens (tertiary/aromatic N) is 1. The van der Waals surface area contributed by atoms with E-state index in [1.165, 1.54) is 19.3 Å². The minimum absolute atomic E-state index is 0.0364. The average Bonchev–Trinajstić information content (AvgIpc) is 3.94. The molecule has 8 aliphatic rings. The average molecular weight is 643 g/mol. The summed E-state index contributed by atoms with van der Waals surface area (Å²) >= 11 is 0. The number of ether oxygens (including phenoxy) is 3. The monoisotopic (exact) mass is 642 g/mol. The Morgan fingerprint density at radius 2 is 1.74 bits per heavy atom. The number of ketones is 1. The van der Waals surface area contributed by atoms with Gasteiger partial charge in [0.1, 0.15) is 6.61 Å². The maximum Gasteiger partial charge on any atom is 0.223 e. The number of carbonyl (C=O) groups is 2. The van der Waals surface area contributed by atoms with Crippen molar-refractivity contribution in [2.75, 3.05) is 26.3 Å². The van der Waals surface area contributed by atoms with Crippen LogP contribution in [0.4, 0.5) is 0 Å². The van der Waals surface area contributed by atoms with Crippen molar-refractivity contribution in [2.24, 2.45) is 57.0 Å². The molecule has 9 heteroatoms. The van der Waals surface area contributed by atoms with Gasteiger partial charge >= 0.3 is 0 Å². The normalized spacial score (nSPS) is 52.1. The maximum absolute atomic E-state index is 12.9. The molecule has 2 heterocycles. The molecule has 13 unspecified atom stereocenters. The molecule has 13 atom stereocenters. The van der Waals surface area contributed by atoms with Gasteiger partial charge in [-0.3, -0.25) is 9.59 Å². The molecule has 1 amide bonds. The quantitative estimate of drug-likeness (QED) is 0.382. The largest absolute Gasteiger partial charge is 0.389 e. The number of aliphatic hydroxyl groups excluding tert-OH is 2. The van der Waals surface area contributed by atoms with Gasteiger partial charge in [-0.1, -0.05) is 27.7 Å². The van der Waals surface area contributed by atoms with Crippen molar-refractivity contribution in [3.05, 3.63) is 0 Å². The first-order chi connectivity index (χ1) is 21.8. The van der Waals surface area contributed by atoms with E-state index >= 15 is 0 Å². The van der Waals surface area contributed by atoms with Crippen LogP contribution in [0, 0.1) is 51.2 Å². The highest BCUT2D eigenvalue weighted by atomic mass is 16.7. The zero-order valence-corrected chi connectivity index (χ0v) is 28.5. The SMILES string of the molecule is CC1CC(CC(=O)CO)OC2C1C1(C)CCC34CC35CCC(OC3CN(C(=O)CC6CC6)CCO3)C(C)(C)C5CCC4C1(N)C2O. The first-order valence-corrected chi connectivity index (χ1v) is 18.6. The molecule has 0 aromatic carbocycles. The number of morpholine rings is 1. The summed E-state index contributed by atoms with van der Waals surface area (Å²) in [6, 6.07) is 0. The lowest BCUT2D eigenvalue weighted by Crippen LogP contribution is -2.70. The van der Waals surface area contributed by atoms with E-state index < -0.39 is 18.2 Å². The molecule has 9 nitrogen and oxygen atoms in total. The molecular formula is C37H58N2O7. The minimum atomic E-state index is -0.768. The smallest absolute Gasteiger partial charge is 0.223 e. The van der Waals surface area contributed by atoms with Crippen LogP contribution in [-0.4, -0.2) is 89.4 Å². The van der Waals surface area contributed by atoms with Crippen LogP contribution in [0.25, 0.3) is 0 Å². The predicted octanol–water partition coefficient (Wildman–Crippen LogP) is 3.81. The number of rotatable bonds is 7. The third kappa shape index (κ3) is 4.33. The zero-order valence-electron chi connectivity index (χ0n) is 28.5. The Labute approximate surface area is 274 Å². The minimum Gasteiger partial charge on any atom is -0.389 e. The van der Waals surface area contributed by atoms with Crippen molar-refractivity contribution in [3.63, 3.8) is 0 Å². The first kappa shape index (κ1) is 32.1. The molecule has 2 aliphatic heterocycles. The van der Waals surface area contributed by atoms with Crippen LogP contribution in [0.15, 0.2) is 0 Å². The molecule has 2 saturated heterocycles. The summed E-state index contributed by atoms with van der Waals surface area (Å²) in [5.41, 5.74) is 7.07. The standard InChI is InChI=1S/C37H58N2O7/c1-21-15-24(17-23(41)19-40)45-31-30(21)34(4)11-12-36-20-35(36)10-9-27(33(2,3)25(35)7-8-26(36)37(34,38)32(31)43)46-29-18-39(13-14-44-29)28(42)16-22-5-6-22/h21-22,24-27,29-32,40,43H,5-20,38H2,1-4H3. The molecule has 0 bridgehead atoms. The number of fused-ring (bicyclic) bond motifs is 4. The number of hydrogen-bond donors (Lipinski definition) is 3. The topological polar surface area (TPSA) is 132 Å². The first-order valence-electron chi connectivity index (χ1n) is 18.6. The number of nitrogens with two attached hydrogens (primary N) is 1. The molecule has 8 rings (SSSR count). The maximum atomic E-state index is 12.9. The van der Waals surface area contributed by atoms with Crippen LogP contribution in [0.1, 0.15) is 105 Å². The van der Waals surface area contributed by atoms with Gasteiger partial charge in [0.25, 0.3) is 0 Å². The second-order valence-electron chi connectivity index (χ2n) is 18.1. The van der Waals surface area contributed by atoms with Gasteiger partial charge in [0.2, 0.25) is 5.91 Å². The summed E-state index contributed by atoms with van der Waals surface area (Å²) in [6.45, 7) is 10.7. The molecule has 0 aromatic rings. The van der Waals surface area contributed by atoms with Crippen molar-refractivity contribution in [1.82, 2.24) is 4.90 Å². The third-order valence-electron chi connectivity index (χ3n) is 15.8. The van der Waals surface area contributed by atoms with E-state index in [1.54, 1.807) is 0 Å². The number of carbonyl (C=O) groups excluding carboxylic acids is 2. The van der Waals surface area contributed by atoms with E-state index in [1.807, 2.05) is 4.90 Å². The van der Waals surface area contributed by atoms with Crippen molar-refractivity contribution in [2.45, 2.75) is 141 Å². The summed E-state index contributed by atoms with van der Waals surface area (Å²) < 4.78 is 19.5. The van der Waals surface area contributed by atoms with E-state index in [0.29, 0.717) is 38.0 Å². The van der Waals surface area contributed by atoms with Gasteiger partial charge in [-0.15, -0.1) is 0 Å². The molecule has 6 aliphatic carbocycles. The lowest BCUT2D eigenvalue weighted by atomic mass is 9.43. The van der Waals surface area contributed by atoms with Gasteiger partial charge in [-0.05, 0) is 115 Å². The second-order valence-corrected chi connectivity index (χ2v) is 18.1. The Kier molecular flexibility index (Phi) is 7.47. The Bertz CT molecular complexity index is 1260. The van der Waals surface area contributed by atoms with Gasteiger partial charge in [0, 0.05) is 19.4 Å². The molecule has 6 saturated carbocycles. The summed E-state index contributed by atoms with van der Waals surface area (Å²) in [4.78, 5) is 26.9. The van der Waals surface area contributed by atoms with Gasteiger partial charge in [0.05, 0.1) is 43.1 Å². The van der Waals surface area contributed by atoms with Crippen LogP contribution < -0.4 is 5.73 Å². The Morgan fingerprint density at radius 1 is 1.00 bits per heavy atom. The number of amides is 1. The highest BCUT2D eigenvalue weighted by Crippen LogP contribution is 2.87. The molecule has 2 spiro atoms. The summed E-state index contributed by atoms with van der Waals surface area (Å²) in [6.07, 6.45) is 9.84. The van der Waals surface area contributed by atoms with Crippen molar-refractivity contribution < 1.29 is 34.0 Å². The summed E-state index contributed by atoms with van der Waals surface area (Å²) in [5.74, 6) is 1.83. The fourth-order valence-corrected chi connectivity index (χ4v) is 13.5. The Morgan fingerprint density at radius 3 is 2.48 bits per heavy atom. The van der Waals surface area contributed by atoms with E-state index in [4.69, 9.17) is 19.9 Å². The van der Waals surface area contributed by atoms with Crippen LogP contribution in [0.5, 0.6) is 0 Å². The van der Waals surface area contributed by atoms with Gasteiger partial charge < -0.3 is 35.1 Å². The van der Waals surface area contributed by atoms with Crippen molar-refractivity contribution in [3.8, 4) is 0 Å². The van der Waals surface area contributed by atoms with Crippen LogP contribution in [-0.2, 0) is 23.8 Å². The molecule has 8 fully saturated rings. The highest BCUT2D eigenvalue weighted by Gasteiger charge is 2.85. The van der Waals surface area contributed by atoms with Crippen molar-refractivity contribution in [1.29, 1.82) is 0 Å². The van der Waals surface area contributed by atoms with E-state index in [2.05, 4.69) is 27.7 Å². The van der Waals surface area contributed by atoms with E-state index in [0.717, 1.165) is 44.9 Å². The molecular weight excluding hydrogens is 584 g/mol. The lowest BCUT2D eigenvalue weighted by molar-refractivity contribution is -0.245. The van der Waals surface area contributed by atoms with Gasteiger partial charge in [-0.2, -0.15) is 0 Å². The fraction of sp³-hybridized carbons (Fsp3) is 0.946. The van der Waals surface area contributed by atoms with E-state index in [9.17, 15) is 19.8 Å². The van der Waals surface area contributed by atoms with Crippen LogP contribution in [0.2, 0.25) is 0 Å². The summed E-state index contributed by atoms with van der Waals surface area (Å²) in [7, 11) is 0. The Hall–Kier alpha value is -1.10. The highest BCUT2D eigenvalue weighted by molar-refractivity contribution is 5.79. The third-order valence-corrected chi connectivity index (χ3v) is 15.8. The number of Topliss-reactive ketones (excluding diaryl/α,β-unsaturated/α-hetero) is 1. The van der Waals surface area contributed by atoms with Gasteiger partial charge in [-0.25, -0.2) is 0 Å². The Balaban J connectivity index is 0.999. The summed E-state index contributed by atoms with van der Waals surface area (Å²) in [5, 5.41) is 21.6. The number of hydrogen-bond acceptors (Lipinski definition) is 8. The van der Waals surface area contributed by atoms with E-state index in [-0.39, 0.29) is 82.1 Å². The molecule has 0 radical (unpaired) electrons. The molecule has 258 valence electrons. The number of aliphatic hydroxyl groups is 2. The van der Waals surface area contributed by atoms with Crippen molar-refractivity contribution >= 4 is 11.7 Å².